The van der Waals surface area contributed by atoms with Crippen molar-refractivity contribution >= 4 is 33.2 Å². The maximum Gasteiger partial charge on any atom is 0.298 e. The Morgan fingerprint density at radius 3 is 3.00 bits per heavy atom. The molecule has 1 aliphatic rings. The van der Waals surface area contributed by atoms with Crippen LogP contribution in [0.25, 0.3) is 10.9 Å². The summed E-state index contributed by atoms with van der Waals surface area (Å²) in [5, 5.41) is 0.804. The Bertz CT molecular complexity index is 872. The predicted molar refractivity (Wildman–Crippen MR) is 94.0 cm³/mol. The number of piperidine rings is 1. The first kappa shape index (κ1) is 17.6. The second-order valence-corrected chi connectivity index (χ2v) is 8.00. The minimum Gasteiger partial charge on any atom is -0.429 e. The second kappa shape index (κ2) is 7.32. The van der Waals surface area contributed by atoms with E-state index < -0.39 is 10.0 Å². The molecule has 1 fully saturated rings. The van der Waals surface area contributed by atoms with E-state index in [9.17, 15) is 13.2 Å². The average molecular weight is 364 g/mol. The Balaban J connectivity index is 1.84. The van der Waals surface area contributed by atoms with Crippen LogP contribution < -0.4 is 14.4 Å². The van der Waals surface area contributed by atoms with Crippen LogP contribution in [0.15, 0.2) is 24.5 Å². The summed E-state index contributed by atoms with van der Waals surface area (Å²) in [4.78, 5) is 21.4. The van der Waals surface area contributed by atoms with Crippen LogP contribution in [0, 0.1) is 5.92 Å². The lowest BCUT2D eigenvalue weighted by atomic mass is 9.98. The van der Waals surface area contributed by atoms with Gasteiger partial charge in [0.05, 0.1) is 11.8 Å². The average Bonchev–Trinajstić information content (AvgIpc) is 2.59. The molecule has 8 nitrogen and oxygen atoms in total. The zero-order chi connectivity index (χ0) is 17.9. The normalized spacial score (nSPS) is 18.3. The molecule has 0 radical (unpaired) electrons. The fraction of sp³-hybridized carbons (Fsp3) is 0.438. The number of aromatic nitrogens is 2. The summed E-state index contributed by atoms with van der Waals surface area (Å²) in [7, 11) is -3.20. The number of nitrogens with zero attached hydrogens (tertiary/aromatic N) is 3. The molecule has 1 atom stereocenters. The van der Waals surface area contributed by atoms with Crippen molar-refractivity contribution in [3.63, 3.8) is 0 Å². The molecule has 1 aromatic heterocycles. The van der Waals surface area contributed by atoms with Crippen molar-refractivity contribution in [3.05, 3.63) is 24.5 Å². The molecule has 2 heterocycles. The highest BCUT2D eigenvalue weighted by Gasteiger charge is 2.23. The molecule has 1 aliphatic heterocycles. The number of fused-ring (bicyclic) bond motifs is 1. The summed E-state index contributed by atoms with van der Waals surface area (Å²) in [5.74, 6) is 1.42. The molecule has 1 saturated heterocycles. The molecule has 0 amide bonds. The molecule has 0 bridgehead atoms. The number of rotatable bonds is 6. The van der Waals surface area contributed by atoms with E-state index in [1.165, 1.54) is 12.6 Å². The molecule has 3 rings (SSSR count). The van der Waals surface area contributed by atoms with E-state index >= 15 is 0 Å². The number of hydrogen-bond donors (Lipinski definition) is 1. The maximum absolute atomic E-state index is 11.3. The third-order valence-corrected chi connectivity index (χ3v) is 4.91. The number of carbonyl (C=O) groups is 1. The number of sulfonamides is 1. The van der Waals surface area contributed by atoms with Crippen LogP contribution in [-0.2, 0) is 14.8 Å². The highest BCUT2D eigenvalue weighted by atomic mass is 32.2. The molecule has 0 saturated carbocycles. The predicted octanol–water partition coefficient (Wildman–Crippen LogP) is 0.931. The quantitative estimate of drug-likeness (QED) is 0.761. The topological polar surface area (TPSA) is 101 Å². The lowest BCUT2D eigenvalue weighted by Crippen LogP contribution is -2.41. The summed E-state index contributed by atoms with van der Waals surface area (Å²) in [6.45, 7) is 2.34. The van der Waals surface area contributed by atoms with Gasteiger partial charge in [0, 0.05) is 25.0 Å². The molecule has 0 aliphatic carbocycles. The third-order valence-electron chi connectivity index (χ3n) is 4.22. The maximum atomic E-state index is 11.3. The Hall–Kier alpha value is -2.26. The summed E-state index contributed by atoms with van der Waals surface area (Å²) in [5.41, 5.74) is 0.764. The lowest BCUT2D eigenvalue weighted by Gasteiger charge is -2.34. The molecule has 0 spiro atoms. The Kier molecular flexibility index (Phi) is 5.14. The van der Waals surface area contributed by atoms with Crippen molar-refractivity contribution in [2.75, 3.05) is 30.8 Å². The van der Waals surface area contributed by atoms with Gasteiger partial charge in [0.1, 0.15) is 17.9 Å². The van der Waals surface area contributed by atoms with Gasteiger partial charge in [0.25, 0.3) is 6.47 Å². The number of nitrogens with one attached hydrogen (secondary N) is 1. The number of benzene rings is 1. The van der Waals surface area contributed by atoms with Gasteiger partial charge in [-0.1, -0.05) is 0 Å². The van der Waals surface area contributed by atoms with Crippen LogP contribution in [0.5, 0.6) is 5.75 Å². The summed E-state index contributed by atoms with van der Waals surface area (Å²) in [6, 6.07) is 5.21. The van der Waals surface area contributed by atoms with Crippen molar-refractivity contribution in [2.45, 2.75) is 12.8 Å². The number of ether oxygens (including phenoxy) is 1. The van der Waals surface area contributed by atoms with E-state index in [-0.39, 0.29) is 5.92 Å². The molecule has 134 valence electrons. The highest BCUT2D eigenvalue weighted by Crippen LogP contribution is 2.29. The minimum absolute atomic E-state index is 0.211. The van der Waals surface area contributed by atoms with Crippen LogP contribution in [0.4, 0.5) is 5.82 Å². The number of carbonyl (C=O) groups excluding carboxylic acids is 1. The molecular weight excluding hydrogens is 344 g/mol. The molecule has 1 unspecified atom stereocenters. The van der Waals surface area contributed by atoms with Crippen LogP contribution >= 0.6 is 0 Å². The zero-order valence-electron chi connectivity index (χ0n) is 13.9. The van der Waals surface area contributed by atoms with Crippen molar-refractivity contribution in [1.29, 1.82) is 0 Å². The van der Waals surface area contributed by atoms with Crippen molar-refractivity contribution in [1.82, 2.24) is 14.7 Å². The van der Waals surface area contributed by atoms with Gasteiger partial charge in [-0.25, -0.2) is 23.1 Å². The first-order valence-corrected chi connectivity index (χ1v) is 9.90. The molecular formula is C16H20N4O4S. The fourth-order valence-electron chi connectivity index (χ4n) is 3.10. The largest absolute Gasteiger partial charge is 0.429 e. The van der Waals surface area contributed by atoms with Crippen molar-refractivity contribution in [3.8, 4) is 5.75 Å². The van der Waals surface area contributed by atoms with Gasteiger partial charge in [-0.15, -0.1) is 0 Å². The van der Waals surface area contributed by atoms with Gasteiger partial charge in [-0.2, -0.15) is 0 Å². The third kappa shape index (κ3) is 4.43. The van der Waals surface area contributed by atoms with Gasteiger partial charge in [-0.05, 0) is 37.0 Å². The van der Waals surface area contributed by atoms with Crippen molar-refractivity contribution in [2.24, 2.45) is 5.92 Å². The lowest BCUT2D eigenvalue weighted by molar-refractivity contribution is -0.120. The van der Waals surface area contributed by atoms with Gasteiger partial charge in [0.2, 0.25) is 10.0 Å². The summed E-state index contributed by atoms with van der Waals surface area (Å²) >= 11 is 0. The van der Waals surface area contributed by atoms with E-state index in [2.05, 4.69) is 19.6 Å². The van der Waals surface area contributed by atoms with Crippen LogP contribution in [0.3, 0.4) is 0 Å². The molecule has 1 aromatic carbocycles. The fourth-order valence-corrected chi connectivity index (χ4v) is 3.63. The summed E-state index contributed by atoms with van der Waals surface area (Å²) < 4.78 is 30.1. The van der Waals surface area contributed by atoms with Crippen LogP contribution in [-0.4, -0.2) is 50.7 Å². The second-order valence-electron chi connectivity index (χ2n) is 6.17. The number of hydrogen-bond acceptors (Lipinski definition) is 7. The Labute approximate surface area is 146 Å². The smallest absolute Gasteiger partial charge is 0.298 e. The van der Waals surface area contributed by atoms with Gasteiger partial charge in [-0.3, -0.25) is 4.79 Å². The minimum atomic E-state index is -3.20. The molecule has 25 heavy (non-hydrogen) atoms. The van der Waals surface area contributed by atoms with E-state index in [0.717, 1.165) is 36.1 Å². The molecule has 9 heteroatoms. The monoisotopic (exact) mass is 364 g/mol. The molecule has 2 aromatic rings. The SMILES string of the molecule is CS(=O)(=O)NCC1CCCN(c2ncnc3ccc(OC=O)cc23)C1. The van der Waals surface area contributed by atoms with E-state index in [1.807, 2.05) is 0 Å². The Morgan fingerprint density at radius 1 is 1.40 bits per heavy atom. The van der Waals surface area contributed by atoms with Gasteiger partial charge >= 0.3 is 0 Å². The first-order valence-electron chi connectivity index (χ1n) is 8.01. The highest BCUT2D eigenvalue weighted by molar-refractivity contribution is 7.88. The van der Waals surface area contributed by atoms with E-state index in [1.54, 1.807) is 18.2 Å². The van der Waals surface area contributed by atoms with E-state index in [0.29, 0.717) is 25.3 Å². The van der Waals surface area contributed by atoms with Crippen LogP contribution in [0.2, 0.25) is 0 Å². The molecule has 1 N–H and O–H groups in total. The zero-order valence-corrected chi connectivity index (χ0v) is 14.7. The Morgan fingerprint density at radius 2 is 2.24 bits per heavy atom. The number of anilines is 1. The first-order chi connectivity index (χ1) is 12.0. The van der Waals surface area contributed by atoms with Gasteiger partial charge in [0.15, 0.2) is 0 Å². The van der Waals surface area contributed by atoms with Crippen LogP contribution in [0.1, 0.15) is 12.8 Å². The van der Waals surface area contributed by atoms with Gasteiger partial charge < -0.3 is 9.64 Å². The van der Waals surface area contributed by atoms with Crippen molar-refractivity contribution < 1.29 is 17.9 Å². The standard InChI is InChI=1S/C16H20N4O4S/c1-25(22,23)19-8-12-3-2-6-20(9-12)16-14-7-13(24-11-21)4-5-15(14)17-10-18-16/h4-5,7,10-12,19H,2-3,6,8-9H2,1H3. The van der Waals surface area contributed by atoms with E-state index in [4.69, 9.17) is 4.74 Å². The summed E-state index contributed by atoms with van der Waals surface area (Å²) in [6.07, 6.45) is 4.59.